The highest BCUT2D eigenvalue weighted by molar-refractivity contribution is 6.30. The third kappa shape index (κ3) is 4.53. The van der Waals surface area contributed by atoms with Crippen LogP contribution >= 0.6 is 11.6 Å². The molecule has 1 aromatic rings. The number of carbonyl (C=O) groups is 1. The van der Waals surface area contributed by atoms with Crippen molar-refractivity contribution in [2.24, 2.45) is 0 Å². The number of hydrogen-bond acceptors (Lipinski definition) is 3. The number of carbonyl (C=O) groups excluding carboxylic acids is 1. The van der Waals surface area contributed by atoms with Crippen LogP contribution in [0.4, 0.5) is 5.69 Å². The Morgan fingerprint density at radius 2 is 2.31 bits per heavy atom. The van der Waals surface area contributed by atoms with E-state index < -0.39 is 0 Å². The molecular weight excluding hydrogens is 226 g/mol. The molecule has 88 valence electrons. The Morgan fingerprint density at radius 1 is 1.56 bits per heavy atom. The van der Waals surface area contributed by atoms with E-state index in [1.807, 2.05) is 31.2 Å². The molecule has 1 rings (SSSR count). The van der Waals surface area contributed by atoms with Gasteiger partial charge in [0, 0.05) is 16.8 Å². The van der Waals surface area contributed by atoms with Gasteiger partial charge in [0.2, 0.25) is 0 Å². The molecule has 0 radical (unpaired) electrons. The quantitative estimate of drug-likeness (QED) is 0.805. The van der Waals surface area contributed by atoms with Crippen molar-refractivity contribution in [3.05, 3.63) is 29.3 Å². The maximum absolute atomic E-state index is 11.2. The standard InChI is InChI=1S/C12H16ClNO2/c1-3-16-12(15)7-9(2)14-11-6-4-5-10(13)8-11/h4-6,8-9,14H,3,7H2,1-2H3. The van der Waals surface area contributed by atoms with Gasteiger partial charge >= 0.3 is 5.97 Å². The minimum Gasteiger partial charge on any atom is -0.466 e. The summed E-state index contributed by atoms with van der Waals surface area (Å²) < 4.78 is 4.87. The van der Waals surface area contributed by atoms with Crippen LogP contribution in [0, 0.1) is 0 Å². The first-order valence-electron chi connectivity index (χ1n) is 5.29. The lowest BCUT2D eigenvalue weighted by atomic mass is 10.2. The summed E-state index contributed by atoms with van der Waals surface area (Å²) in [6, 6.07) is 7.43. The van der Waals surface area contributed by atoms with E-state index in [0.717, 1.165) is 5.69 Å². The number of nitrogens with one attached hydrogen (secondary N) is 1. The minimum absolute atomic E-state index is 0.0255. The van der Waals surface area contributed by atoms with Gasteiger partial charge in [0.25, 0.3) is 0 Å². The Bertz CT molecular complexity index is 355. The van der Waals surface area contributed by atoms with Crippen LogP contribution in [0.3, 0.4) is 0 Å². The molecule has 1 N–H and O–H groups in total. The van der Waals surface area contributed by atoms with Gasteiger partial charge in [-0.25, -0.2) is 0 Å². The van der Waals surface area contributed by atoms with Crippen LogP contribution in [0.25, 0.3) is 0 Å². The summed E-state index contributed by atoms with van der Waals surface area (Å²) in [4.78, 5) is 11.2. The largest absolute Gasteiger partial charge is 0.466 e. The van der Waals surface area contributed by atoms with Crippen LogP contribution in [0.2, 0.25) is 5.02 Å². The summed E-state index contributed by atoms with van der Waals surface area (Å²) >= 11 is 5.85. The summed E-state index contributed by atoms with van der Waals surface area (Å²) in [7, 11) is 0. The molecular formula is C12H16ClNO2. The van der Waals surface area contributed by atoms with Crippen molar-refractivity contribution < 1.29 is 9.53 Å². The second-order valence-electron chi connectivity index (χ2n) is 3.56. The van der Waals surface area contributed by atoms with Crippen LogP contribution in [-0.4, -0.2) is 18.6 Å². The summed E-state index contributed by atoms with van der Waals surface area (Å²) in [5, 5.41) is 3.86. The van der Waals surface area contributed by atoms with Gasteiger partial charge in [0.05, 0.1) is 13.0 Å². The average molecular weight is 242 g/mol. The average Bonchev–Trinajstić information content (AvgIpc) is 2.17. The molecule has 0 saturated carbocycles. The van der Waals surface area contributed by atoms with E-state index in [1.54, 1.807) is 6.92 Å². The van der Waals surface area contributed by atoms with E-state index >= 15 is 0 Å². The summed E-state index contributed by atoms with van der Waals surface area (Å²) in [5.41, 5.74) is 0.907. The van der Waals surface area contributed by atoms with Crippen LogP contribution in [0.1, 0.15) is 20.3 Å². The first kappa shape index (κ1) is 12.8. The SMILES string of the molecule is CCOC(=O)CC(C)Nc1cccc(Cl)c1. The summed E-state index contributed by atoms with van der Waals surface area (Å²) in [6.07, 6.45) is 0.348. The molecule has 1 unspecified atom stereocenters. The molecule has 4 heteroatoms. The van der Waals surface area contributed by atoms with Crippen LogP contribution in [0.15, 0.2) is 24.3 Å². The van der Waals surface area contributed by atoms with Crippen LogP contribution in [0.5, 0.6) is 0 Å². The Morgan fingerprint density at radius 3 is 2.94 bits per heavy atom. The molecule has 0 spiro atoms. The Hall–Kier alpha value is -1.22. The van der Waals surface area contributed by atoms with Crippen molar-refractivity contribution >= 4 is 23.3 Å². The smallest absolute Gasteiger partial charge is 0.307 e. The molecule has 0 bridgehead atoms. The van der Waals surface area contributed by atoms with Gasteiger partial charge in [-0.2, -0.15) is 0 Å². The third-order valence-electron chi connectivity index (χ3n) is 2.02. The normalized spacial score (nSPS) is 11.9. The zero-order valence-corrected chi connectivity index (χ0v) is 10.3. The predicted molar refractivity (Wildman–Crippen MR) is 65.8 cm³/mol. The fourth-order valence-electron chi connectivity index (χ4n) is 1.38. The lowest BCUT2D eigenvalue weighted by Gasteiger charge is -2.14. The highest BCUT2D eigenvalue weighted by Gasteiger charge is 2.09. The minimum atomic E-state index is -0.190. The van der Waals surface area contributed by atoms with E-state index in [-0.39, 0.29) is 12.0 Å². The monoisotopic (exact) mass is 241 g/mol. The zero-order chi connectivity index (χ0) is 12.0. The molecule has 1 aromatic carbocycles. The van der Waals surface area contributed by atoms with Crippen LogP contribution in [-0.2, 0) is 9.53 Å². The molecule has 0 amide bonds. The van der Waals surface area contributed by atoms with Gasteiger partial charge < -0.3 is 10.1 Å². The van der Waals surface area contributed by atoms with Crippen LogP contribution < -0.4 is 5.32 Å². The third-order valence-corrected chi connectivity index (χ3v) is 2.25. The highest BCUT2D eigenvalue weighted by Crippen LogP contribution is 2.16. The van der Waals surface area contributed by atoms with Gasteiger partial charge in [-0.05, 0) is 32.0 Å². The number of esters is 1. The van der Waals surface area contributed by atoms with E-state index in [0.29, 0.717) is 18.1 Å². The lowest BCUT2D eigenvalue weighted by molar-refractivity contribution is -0.143. The van der Waals surface area contributed by atoms with Crippen molar-refractivity contribution in [1.29, 1.82) is 0 Å². The van der Waals surface area contributed by atoms with Crippen molar-refractivity contribution in [2.45, 2.75) is 26.3 Å². The van der Waals surface area contributed by atoms with Gasteiger partial charge in [0.1, 0.15) is 0 Å². The van der Waals surface area contributed by atoms with E-state index in [1.165, 1.54) is 0 Å². The highest BCUT2D eigenvalue weighted by atomic mass is 35.5. The van der Waals surface area contributed by atoms with E-state index in [4.69, 9.17) is 16.3 Å². The number of anilines is 1. The van der Waals surface area contributed by atoms with Crippen molar-refractivity contribution in [2.75, 3.05) is 11.9 Å². The van der Waals surface area contributed by atoms with Gasteiger partial charge in [-0.3, -0.25) is 4.79 Å². The molecule has 0 aliphatic rings. The first-order chi connectivity index (χ1) is 7.61. The summed E-state index contributed by atoms with van der Waals surface area (Å²) in [6.45, 7) is 4.15. The molecule has 1 atom stereocenters. The first-order valence-corrected chi connectivity index (χ1v) is 5.67. The zero-order valence-electron chi connectivity index (χ0n) is 9.50. The Kier molecular flexibility index (Phi) is 5.12. The maximum atomic E-state index is 11.2. The molecule has 0 fully saturated rings. The Balaban J connectivity index is 2.45. The number of halogens is 1. The summed E-state index contributed by atoms with van der Waals surface area (Å²) in [5.74, 6) is -0.190. The van der Waals surface area contributed by atoms with Crippen molar-refractivity contribution in [1.82, 2.24) is 0 Å². The Labute approximate surface area is 101 Å². The maximum Gasteiger partial charge on any atom is 0.307 e. The number of benzene rings is 1. The lowest BCUT2D eigenvalue weighted by Crippen LogP contribution is -2.20. The number of rotatable bonds is 5. The van der Waals surface area contributed by atoms with Gasteiger partial charge in [0.15, 0.2) is 0 Å². The molecule has 0 aliphatic carbocycles. The molecule has 0 heterocycles. The van der Waals surface area contributed by atoms with E-state index in [2.05, 4.69) is 5.32 Å². The molecule has 3 nitrogen and oxygen atoms in total. The van der Waals surface area contributed by atoms with Gasteiger partial charge in [-0.1, -0.05) is 17.7 Å². The number of ether oxygens (including phenoxy) is 1. The van der Waals surface area contributed by atoms with Crippen molar-refractivity contribution in [3.8, 4) is 0 Å². The second kappa shape index (κ2) is 6.38. The molecule has 0 aromatic heterocycles. The number of hydrogen-bond donors (Lipinski definition) is 1. The molecule has 16 heavy (non-hydrogen) atoms. The van der Waals surface area contributed by atoms with E-state index in [9.17, 15) is 4.79 Å². The topological polar surface area (TPSA) is 38.3 Å². The molecule has 0 saturated heterocycles. The van der Waals surface area contributed by atoms with Crippen molar-refractivity contribution in [3.63, 3.8) is 0 Å². The fraction of sp³-hybridized carbons (Fsp3) is 0.417. The fourth-order valence-corrected chi connectivity index (χ4v) is 1.57. The predicted octanol–water partition coefficient (Wildman–Crippen LogP) is 3.09. The van der Waals surface area contributed by atoms with Gasteiger partial charge in [-0.15, -0.1) is 0 Å². The molecule has 0 aliphatic heterocycles. The second-order valence-corrected chi connectivity index (χ2v) is 4.00.